The van der Waals surface area contributed by atoms with E-state index in [4.69, 9.17) is 4.74 Å². The first-order valence-corrected chi connectivity index (χ1v) is 15.6. The molecule has 41 heavy (non-hydrogen) atoms. The van der Waals surface area contributed by atoms with E-state index in [1.165, 1.54) is 43.4 Å². The van der Waals surface area contributed by atoms with Crippen LogP contribution in [0.5, 0.6) is 0 Å². The number of thiophene rings is 1. The van der Waals surface area contributed by atoms with Crippen LogP contribution in [0.3, 0.4) is 0 Å². The Hall–Kier alpha value is -3.01. The van der Waals surface area contributed by atoms with E-state index in [1.54, 1.807) is 6.07 Å². The van der Waals surface area contributed by atoms with Gasteiger partial charge >= 0.3 is 12.1 Å². The van der Waals surface area contributed by atoms with Gasteiger partial charge in [-0.1, -0.05) is 50.4 Å². The summed E-state index contributed by atoms with van der Waals surface area (Å²) in [5, 5.41) is 15.9. The van der Waals surface area contributed by atoms with E-state index in [1.807, 2.05) is 20.8 Å². The molecule has 1 saturated heterocycles. The van der Waals surface area contributed by atoms with E-state index in [2.05, 4.69) is 35.3 Å². The highest BCUT2D eigenvalue weighted by Crippen LogP contribution is 2.34. The average molecular weight is 586 g/mol. The Kier molecular flexibility index (Phi) is 14.8. The number of amides is 2. The second-order valence-electron chi connectivity index (χ2n) is 11.8. The van der Waals surface area contributed by atoms with Gasteiger partial charge in [-0.25, -0.2) is 9.59 Å². The first-order valence-electron chi connectivity index (χ1n) is 14.8. The van der Waals surface area contributed by atoms with E-state index >= 15 is 0 Å². The van der Waals surface area contributed by atoms with Gasteiger partial charge in [-0.3, -0.25) is 4.79 Å². The standard InChI is InChI=1S/C24H33N3O5S.C6H12.C2H2/c1-24(2,3)11-8-19-14-20(21(33-19)22(29)30)27(15-28)17-6-4-16(5-7-17)26-23(31)32-18-9-12-25-13-10-18;1-2-4-6-5-3-1;1-2/h14-18,25H,4-7,9-10,12-13H2,1-3H3,(H,26,31)(H,29,30);1-6H2;1-2H. The molecule has 1 aromatic heterocycles. The molecule has 2 aliphatic carbocycles. The van der Waals surface area contributed by atoms with Crippen LogP contribution in [0, 0.1) is 30.1 Å². The molecule has 2 saturated carbocycles. The summed E-state index contributed by atoms with van der Waals surface area (Å²) in [6.45, 7) is 7.67. The van der Waals surface area contributed by atoms with Crippen molar-refractivity contribution in [1.82, 2.24) is 10.6 Å². The number of ether oxygens (including phenoxy) is 1. The number of anilines is 1. The van der Waals surface area contributed by atoms with Crippen molar-refractivity contribution in [3.8, 4) is 24.7 Å². The Balaban J connectivity index is 0.000000640. The molecule has 0 spiro atoms. The maximum atomic E-state index is 12.2. The molecule has 8 nitrogen and oxygen atoms in total. The topological polar surface area (TPSA) is 108 Å². The lowest BCUT2D eigenvalue weighted by atomic mass is 9.90. The third kappa shape index (κ3) is 12.2. The van der Waals surface area contributed by atoms with Crippen molar-refractivity contribution in [3.63, 3.8) is 0 Å². The number of hydrogen-bond donors (Lipinski definition) is 3. The Labute approximate surface area is 250 Å². The predicted molar refractivity (Wildman–Crippen MR) is 165 cm³/mol. The number of nitrogens with zero attached hydrogens (tertiary/aromatic N) is 1. The largest absolute Gasteiger partial charge is 0.477 e. The number of aromatic carboxylic acids is 1. The number of carboxylic acid groups (broad SMARTS) is 1. The van der Waals surface area contributed by atoms with Gasteiger partial charge in [0, 0.05) is 17.5 Å². The zero-order valence-corrected chi connectivity index (χ0v) is 25.7. The molecule has 0 atom stereocenters. The van der Waals surface area contributed by atoms with Gasteiger partial charge < -0.3 is 25.4 Å². The maximum Gasteiger partial charge on any atom is 0.407 e. The van der Waals surface area contributed by atoms with Crippen LogP contribution in [0.2, 0.25) is 0 Å². The summed E-state index contributed by atoms with van der Waals surface area (Å²) >= 11 is 1.09. The summed E-state index contributed by atoms with van der Waals surface area (Å²) < 4.78 is 5.52. The summed E-state index contributed by atoms with van der Waals surface area (Å²) in [5.41, 5.74) is 0.181. The Morgan fingerprint density at radius 3 is 2.10 bits per heavy atom. The molecule has 226 valence electrons. The summed E-state index contributed by atoms with van der Waals surface area (Å²) in [6, 6.07) is 1.55. The fraction of sp³-hybridized carbons (Fsp3) is 0.656. The minimum atomic E-state index is -1.07. The number of hydrogen-bond acceptors (Lipinski definition) is 6. The molecule has 0 unspecified atom stereocenters. The van der Waals surface area contributed by atoms with Crippen molar-refractivity contribution < 1.29 is 24.2 Å². The van der Waals surface area contributed by atoms with Crippen molar-refractivity contribution in [2.75, 3.05) is 18.0 Å². The second-order valence-corrected chi connectivity index (χ2v) is 12.8. The molecule has 0 aromatic carbocycles. The van der Waals surface area contributed by atoms with Crippen molar-refractivity contribution >= 4 is 35.5 Å². The van der Waals surface area contributed by atoms with E-state index in [0.29, 0.717) is 42.7 Å². The fourth-order valence-electron chi connectivity index (χ4n) is 5.20. The molecule has 2 heterocycles. The van der Waals surface area contributed by atoms with Gasteiger partial charge in [0.1, 0.15) is 11.0 Å². The van der Waals surface area contributed by atoms with Gasteiger partial charge in [0.15, 0.2) is 0 Å². The molecule has 4 rings (SSSR count). The van der Waals surface area contributed by atoms with Crippen LogP contribution < -0.4 is 15.5 Å². The number of piperidine rings is 1. The molecule has 3 fully saturated rings. The number of carbonyl (C=O) groups is 3. The lowest BCUT2D eigenvalue weighted by molar-refractivity contribution is -0.108. The molecule has 3 aliphatic rings. The molecular formula is C32H47N3O5S. The lowest BCUT2D eigenvalue weighted by Crippen LogP contribution is -2.45. The van der Waals surface area contributed by atoms with Gasteiger partial charge in [-0.2, -0.15) is 0 Å². The zero-order chi connectivity index (χ0) is 30.3. The van der Waals surface area contributed by atoms with Crippen LogP contribution in [-0.4, -0.2) is 54.9 Å². The van der Waals surface area contributed by atoms with Gasteiger partial charge in [-0.15, -0.1) is 24.2 Å². The van der Waals surface area contributed by atoms with Crippen LogP contribution in [-0.2, 0) is 9.53 Å². The molecule has 0 bridgehead atoms. The molecule has 9 heteroatoms. The fourth-order valence-corrected chi connectivity index (χ4v) is 6.05. The van der Waals surface area contributed by atoms with E-state index in [0.717, 1.165) is 37.3 Å². The van der Waals surface area contributed by atoms with Crippen LogP contribution in [0.1, 0.15) is 112 Å². The third-order valence-electron chi connectivity index (χ3n) is 7.33. The lowest BCUT2D eigenvalue weighted by Gasteiger charge is -2.35. The minimum absolute atomic E-state index is 0.0152. The molecule has 2 amide bonds. The highest BCUT2D eigenvalue weighted by Gasteiger charge is 2.31. The van der Waals surface area contributed by atoms with E-state index in [-0.39, 0.29) is 34.6 Å². The van der Waals surface area contributed by atoms with Crippen LogP contribution in [0.15, 0.2) is 6.07 Å². The number of carboxylic acids is 1. The number of terminal acetylenes is 1. The summed E-state index contributed by atoms with van der Waals surface area (Å²) in [4.78, 5) is 38.3. The monoisotopic (exact) mass is 585 g/mol. The Bertz CT molecular complexity index is 1040. The summed E-state index contributed by atoms with van der Waals surface area (Å²) in [5.74, 6) is 5.09. The van der Waals surface area contributed by atoms with Crippen molar-refractivity contribution in [3.05, 3.63) is 15.8 Å². The number of nitrogens with one attached hydrogen (secondary N) is 2. The number of carbonyl (C=O) groups excluding carboxylic acids is 2. The first-order chi connectivity index (χ1) is 19.7. The zero-order valence-electron chi connectivity index (χ0n) is 24.9. The van der Waals surface area contributed by atoms with Gasteiger partial charge in [0.2, 0.25) is 6.41 Å². The van der Waals surface area contributed by atoms with Crippen LogP contribution in [0.4, 0.5) is 10.5 Å². The Morgan fingerprint density at radius 2 is 1.61 bits per heavy atom. The molecule has 1 aliphatic heterocycles. The van der Waals surface area contributed by atoms with Gasteiger partial charge in [0.25, 0.3) is 0 Å². The maximum absolute atomic E-state index is 12.2. The quantitative estimate of drug-likeness (QED) is 0.272. The predicted octanol–water partition coefficient (Wildman–Crippen LogP) is 6.19. The summed E-state index contributed by atoms with van der Waals surface area (Å²) in [7, 11) is 0. The molecule has 0 radical (unpaired) electrons. The normalized spacial score (nSPS) is 20.8. The average Bonchev–Trinajstić information content (AvgIpc) is 3.40. The highest BCUT2D eigenvalue weighted by atomic mass is 32.1. The Morgan fingerprint density at radius 1 is 1.05 bits per heavy atom. The van der Waals surface area contributed by atoms with Crippen molar-refractivity contribution in [2.24, 2.45) is 5.41 Å². The molecular weight excluding hydrogens is 538 g/mol. The third-order valence-corrected chi connectivity index (χ3v) is 8.36. The molecule has 3 N–H and O–H groups in total. The van der Waals surface area contributed by atoms with E-state index < -0.39 is 5.97 Å². The van der Waals surface area contributed by atoms with Crippen molar-refractivity contribution in [2.45, 2.75) is 116 Å². The van der Waals surface area contributed by atoms with Crippen LogP contribution >= 0.6 is 11.3 Å². The summed E-state index contributed by atoms with van der Waals surface area (Å²) in [6.07, 6.45) is 21.6. The number of rotatable bonds is 6. The molecule has 1 aromatic rings. The minimum Gasteiger partial charge on any atom is -0.477 e. The highest BCUT2D eigenvalue weighted by molar-refractivity contribution is 7.15. The van der Waals surface area contributed by atoms with Crippen molar-refractivity contribution in [1.29, 1.82) is 0 Å². The number of alkyl carbamates (subject to hydrolysis) is 1. The SMILES string of the molecule is C#C.C1CCCCC1.CC(C)(C)C#Cc1cc(N(C=O)C2CCC(NC(=O)OC3CCNCC3)CC2)c(C(=O)O)s1. The smallest absolute Gasteiger partial charge is 0.407 e. The van der Waals surface area contributed by atoms with E-state index in [9.17, 15) is 19.5 Å². The first kappa shape index (κ1) is 34.2. The second kappa shape index (κ2) is 17.7. The van der Waals surface area contributed by atoms with Gasteiger partial charge in [-0.05, 0) is 78.5 Å². The van der Waals surface area contributed by atoms with Gasteiger partial charge in [0.05, 0.1) is 10.6 Å². The van der Waals surface area contributed by atoms with Crippen LogP contribution in [0.25, 0.3) is 0 Å².